The summed E-state index contributed by atoms with van der Waals surface area (Å²) in [6, 6.07) is 15.5. The molecule has 122 valence electrons. The van der Waals surface area contributed by atoms with Gasteiger partial charge in [0.2, 0.25) is 0 Å². The summed E-state index contributed by atoms with van der Waals surface area (Å²) in [4.78, 5) is 25.5. The Balaban J connectivity index is 1.48. The van der Waals surface area contributed by atoms with E-state index < -0.39 is 12.0 Å². The van der Waals surface area contributed by atoms with E-state index in [1.807, 2.05) is 30.3 Å². The van der Waals surface area contributed by atoms with Gasteiger partial charge in [0.1, 0.15) is 17.5 Å². The molecule has 1 aliphatic heterocycles. The number of para-hydroxylation sites is 1. The summed E-state index contributed by atoms with van der Waals surface area (Å²) >= 11 is 0. The van der Waals surface area contributed by atoms with Crippen molar-refractivity contribution in [1.29, 1.82) is 0 Å². The molecule has 3 atom stereocenters. The van der Waals surface area contributed by atoms with E-state index in [4.69, 9.17) is 4.74 Å². The molecule has 0 unspecified atom stereocenters. The van der Waals surface area contributed by atoms with E-state index in [-0.39, 0.29) is 11.8 Å². The van der Waals surface area contributed by atoms with E-state index in [9.17, 15) is 14.7 Å². The number of rotatable bonds is 4. The normalized spacial score (nSPS) is 24.3. The van der Waals surface area contributed by atoms with Crippen LogP contribution >= 0.6 is 0 Å². The van der Waals surface area contributed by atoms with E-state index in [0.717, 1.165) is 12.2 Å². The lowest BCUT2D eigenvalue weighted by Gasteiger charge is -2.24. The Morgan fingerprint density at radius 2 is 1.67 bits per heavy atom. The van der Waals surface area contributed by atoms with Crippen LogP contribution in [0.4, 0.5) is 0 Å². The van der Waals surface area contributed by atoms with Crippen LogP contribution in [-0.4, -0.2) is 34.5 Å². The highest BCUT2D eigenvalue weighted by atomic mass is 16.5. The smallest absolute Gasteiger partial charge is 0.326 e. The van der Waals surface area contributed by atoms with Crippen molar-refractivity contribution in [3.05, 3.63) is 60.2 Å². The van der Waals surface area contributed by atoms with Gasteiger partial charge in [0.15, 0.2) is 0 Å². The minimum Gasteiger partial charge on any atom is -0.480 e. The molecule has 0 radical (unpaired) electrons. The maximum absolute atomic E-state index is 12.6. The molecule has 0 aromatic heterocycles. The van der Waals surface area contributed by atoms with Crippen molar-refractivity contribution in [3.63, 3.8) is 0 Å². The number of carboxylic acid groups (broad SMARTS) is 1. The second-order valence-corrected chi connectivity index (χ2v) is 6.34. The van der Waals surface area contributed by atoms with Crippen LogP contribution in [0.1, 0.15) is 16.8 Å². The number of fused-ring (bicyclic) bond motifs is 1. The highest BCUT2D eigenvalue weighted by molar-refractivity contribution is 5.97. The van der Waals surface area contributed by atoms with Crippen molar-refractivity contribution >= 4 is 11.9 Å². The predicted molar refractivity (Wildman–Crippen MR) is 87.0 cm³/mol. The van der Waals surface area contributed by atoms with Crippen molar-refractivity contribution in [1.82, 2.24) is 4.90 Å². The number of carboxylic acids is 1. The molecule has 2 aromatic rings. The maximum Gasteiger partial charge on any atom is 0.326 e. The Labute approximate surface area is 139 Å². The first-order chi connectivity index (χ1) is 11.6. The van der Waals surface area contributed by atoms with Crippen LogP contribution in [0.3, 0.4) is 0 Å². The van der Waals surface area contributed by atoms with Crippen molar-refractivity contribution in [2.75, 3.05) is 6.54 Å². The van der Waals surface area contributed by atoms with E-state index in [0.29, 0.717) is 23.8 Å². The van der Waals surface area contributed by atoms with Crippen molar-refractivity contribution in [2.24, 2.45) is 11.8 Å². The number of piperidine rings is 1. The van der Waals surface area contributed by atoms with Gasteiger partial charge in [0, 0.05) is 12.1 Å². The molecule has 24 heavy (non-hydrogen) atoms. The van der Waals surface area contributed by atoms with Crippen molar-refractivity contribution < 1.29 is 19.4 Å². The summed E-state index contributed by atoms with van der Waals surface area (Å²) < 4.78 is 5.70. The number of ether oxygens (including phenoxy) is 1. The molecule has 5 nitrogen and oxygen atoms in total. The summed E-state index contributed by atoms with van der Waals surface area (Å²) in [6.45, 7) is 0.544. The van der Waals surface area contributed by atoms with Gasteiger partial charge in [0.05, 0.1) is 0 Å². The number of carbonyl (C=O) groups is 2. The van der Waals surface area contributed by atoms with Crippen LogP contribution in [0, 0.1) is 11.8 Å². The number of benzene rings is 2. The van der Waals surface area contributed by atoms with E-state index >= 15 is 0 Å². The molecular formula is C19H17NO4. The van der Waals surface area contributed by atoms with Gasteiger partial charge in [-0.25, -0.2) is 4.79 Å². The minimum absolute atomic E-state index is 0.132. The molecule has 1 saturated carbocycles. The molecule has 5 heteroatoms. The molecular weight excluding hydrogens is 306 g/mol. The number of aliphatic carboxylic acids is 1. The first kappa shape index (κ1) is 14.8. The summed E-state index contributed by atoms with van der Waals surface area (Å²) in [7, 11) is 0. The third kappa shape index (κ3) is 2.62. The summed E-state index contributed by atoms with van der Waals surface area (Å²) in [5.41, 5.74) is 0.489. The molecule has 2 fully saturated rings. The van der Waals surface area contributed by atoms with Gasteiger partial charge in [-0.15, -0.1) is 0 Å². The molecule has 2 aliphatic rings. The SMILES string of the molecule is O=C(O)[C@H]1[C@H]2C[C@@H]2CN1C(=O)c1ccc(Oc2ccccc2)cc1. The van der Waals surface area contributed by atoms with Crippen LogP contribution in [0.25, 0.3) is 0 Å². The van der Waals surface area contributed by atoms with Gasteiger partial charge in [-0.05, 0) is 54.7 Å². The van der Waals surface area contributed by atoms with Crippen LogP contribution in [0.5, 0.6) is 11.5 Å². The highest BCUT2D eigenvalue weighted by Gasteiger charge is 2.57. The molecule has 4 rings (SSSR count). The second-order valence-electron chi connectivity index (χ2n) is 6.34. The van der Waals surface area contributed by atoms with Crippen molar-refractivity contribution in [2.45, 2.75) is 12.5 Å². The Morgan fingerprint density at radius 1 is 1.00 bits per heavy atom. The average molecular weight is 323 g/mol. The monoisotopic (exact) mass is 323 g/mol. The fourth-order valence-corrected chi connectivity index (χ4v) is 3.45. The molecule has 0 spiro atoms. The van der Waals surface area contributed by atoms with Gasteiger partial charge in [-0.2, -0.15) is 0 Å². The van der Waals surface area contributed by atoms with Gasteiger partial charge in [-0.1, -0.05) is 18.2 Å². The predicted octanol–water partition coefficient (Wildman–Crippen LogP) is 3.02. The topological polar surface area (TPSA) is 66.8 Å². The van der Waals surface area contributed by atoms with E-state index in [1.165, 1.54) is 4.90 Å². The molecule has 1 N–H and O–H groups in total. The second kappa shape index (κ2) is 5.67. The first-order valence-electron chi connectivity index (χ1n) is 8.00. The standard InChI is InChI=1S/C19H17NO4/c21-18(20-11-13-10-16(13)17(20)19(22)23)12-6-8-15(9-7-12)24-14-4-2-1-3-5-14/h1-9,13,16-17H,10-11H2,(H,22,23)/t13-,16+,17-/m1/s1. The maximum atomic E-state index is 12.6. The van der Waals surface area contributed by atoms with Gasteiger partial charge >= 0.3 is 5.97 Å². The van der Waals surface area contributed by atoms with Crippen LogP contribution < -0.4 is 4.74 Å². The number of hydrogen-bond acceptors (Lipinski definition) is 3. The Hall–Kier alpha value is -2.82. The van der Waals surface area contributed by atoms with Crippen LogP contribution in [0.15, 0.2) is 54.6 Å². The summed E-state index contributed by atoms with van der Waals surface area (Å²) in [5, 5.41) is 9.37. The Bertz CT molecular complexity index is 772. The molecule has 2 aromatic carbocycles. The Morgan fingerprint density at radius 3 is 2.33 bits per heavy atom. The summed E-state index contributed by atoms with van der Waals surface area (Å²) in [6.07, 6.45) is 0.921. The Kier molecular flexibility index (Phi) is 3.49. The molecule has 0 bridgehead atoms. The van der Waals surface area contributed by atoms with Gasteiger partial charge < -0.3 is 14.7 Å². The average Bonchev–Trinajstić information content (AvgIpc) is 3.25. The van der Waals surface area contributed by atoms with E-state index in [1.54, 1.807) is 24.3 Å². The number of likely N-dealkylation sites (tertiary alicyclic amines) is 1. The minimum atomic E-state index is -0.905. The first-order valence-corrected chi connectivity index (χ1v) is 8.00. The quantitative estimate of drug-likeness (QED) is 0.939. The number of hydrogen-bond donors (Lipinski definition) is 1. The highest BCUT2D eigenvalue weighted by Crippen LogP contribution is 2.49. The zero-order chi connectivity index (χ0) is 16.7. The number of amides is 1. The lowest BCUT2D eigenvalue weighted by molar-refractivity contribution is -0.142. The molecule has 1 saturated heterocycles. The molecule has 1 aliphatic carbocycles. The third-order valence-corrected chi connectivity index (χ3v) is 4.74. The van der Waals surface area contributed by atoms with Gasteiger partial charge in [-0.3, -0.25) is 4.79 Å². The molecule has 1 amide bonds. The zero-order valence-electron chi connectivity index (χ0n) is 13.0. The largest absolute Gasteiger partial charge is 0.480 e. The van der Waals surface area contributed by atoms with Crippen molar-refractivity contribution in [3.8, 4) is 11.5 Å². The lowest BCUT2D eigenvalue weighted by Crippen LogP contribution is -2.43. The number of nitrogens with zero attached hydrogens (tertiary/aromatic N) is 1. The van der Waals surface area contributed by atoms with E-state index in [2.05, 4.69) is 0 Å². The van der Waals surface area contributed by atoms with Crippen LogP contribution in [0.2, 0.25) is 0 Å². The fraction of sp³-hybridized carbons (Fsp3) is 0.263. The molecule has 1 heterocycles. The summed E-state index contributed by atoms with van der Waals surface area (Å²) in [5.74, 6) is 0.722. The van der Waals surface area contributed by atoms with Crippen LogP contribution in [-0.2, 0) is 4.79 Å². The lowest BCUT2D eigenvalue weighted by atomic mass is 10.1. The van der Waals surface area contributed by atoms with Gasteiger partial charge in [0.25, 0.3) is 5.91 Å². The third-order valence-electron chi connectivity index (χ3n) is 4.74. The fourth-order valence-electron chi connectivity index (χ4n) is 3.45. The zero-order valence-corrected chi connectivity index (χ0v) is 13.0. The number of carbonyl (C=O) groups excluding carboxylic acids is 1.